The Bertz CT molecular complexity index is 487. The van der Waals surface area contributed by atoms with Crippen molar-refractivity contribution in [1.82, 2.24) is 5.32 Å². The highest BCUT2D eigenvalue weighted by atomic mass is 35.5. The first-order chi connectivity index (χ1) is 9.85. The first kappa shape index (κ1) is 17.6. The number of benzene rings is 1. The number of carbonyl (C=O) groups is 1. The van der Waals surface area contributed by atoms with E-state index in [4.69, 9.17) is 21.1 Å². The molecule has 21 heavy (non-hydrogen) atoms. The summed E-state index contributed by atoms with van der Waals surface area (Å²) in [5, 5.41) is 3.20. The molecule has 0 aliphatic rings. The summed E-state index contributed by atoms with van der Waals surface area (Å²) < 4.78 is 11.0. The molecule has 0 radical (unpaired) electrons. The van der Waals surface area contributed by atoms with Gasteiger partial charge in [-0.15, -0.1) is 0 Å². The molecule has 4 nitrogen and oxygen atoms in total. The number of nitrogens with one attached hydrogen (secondary N) is 1. The minimum atomic E-state index is -0.182. The number of ether oxygens (including phenoxy) is 2. The molecule has 0 atom stereocenters. The predicted molar refractivity (Wildman–Crippen MR) is 85.6 cm³/mol. The van der Waals surface area contributed by atoms with E-state index < -0.39 is 0 Å². The van der Waals surface area contributed by atoms with Crippen LogP contribution in [0.2, 0.25) is 5.02 Å². The second-order valence-corrected chi connectivity index (χ2v) is 6.06. The quantitative estimate of drug-likeness (QED) is 0.830. The highest BCUT2D eigenvalue weighted by Crippen LogP contribution is 2.36. The molecular weight excluding hydrogens is 290 g/mol. The molecule has 0 saturated heterocycles. The van der Waals surface area contributed by atoms with Crippen LogP contribution in [-0.2, 0) is 0 Å². The number of carbonyl (C=O) groups excluding carboxylic acids is 1. The maximum Gasteiger partial charge on any atom is 0.251 e. The lowest BCUT2D eigenvalue weighted by atomic mass is 10.1. The summed E-state index contributed by atoms with van der Waals surface area (Å²) in [5.74, 6) is 1.32. The van der Waals surface area contributed by atoms with E-state index in [0.29, 0.717) is 34.6 Å². The van der Waals surface area contributed by atoms with Crippen LogP contribution < -0.4 is 14.8 Å². The lowest BCUT2D eigenvalue weighted by Gasteiger charge is -2.15. The van der Waals surface area contributed by atoms with Gasteiger partial charge in [0, 0.05) is 11.6 Å². The number of hydrogen-bond acceptors (Lipinski definition) is 3. The van der Waals surface area contributed by atoms with Crippen molar-refractivity contribution in [3.63, 3.8) is 0 Å². The number of methoxy groups -OCH3 is 1. The minimum Gasteiger partial charge on any atom is -0.493 e. The molecule has 0 aliphatic carbocycles. The van der Waals surface area contributed by atoms with Gasteiger partial charge in [-0.2, -0.15) is 0 Å². The fraction of sp³-hybridized carbons (Fsp3) is 0.562. The molecule has 1 N–H and O–H groups in total. The van der Waals surface area contributed by atoms with Crippen molar-refractivity contribution in [3.05, 3.63) is 22.7 Å². The second kappa shape index (κ2) is 8.13. The van der Waals surface area contributed by atoms with Gasteiger partial charge in [0.1, 0.15) is 0 Å². The van der Waals surface area contributed by atoms with Crippen LogP contribution in [-0.4, -0.2) is 25.7 Å². The molecular formula is C16H24ClNO3. The van der Waals surface area contributed by atoms with Crippen molar-refractivity contribution in [3.8, 4) is 11.5 Å². The average molecular weight is 314 g/mol. The lowest BCUT2D eigenvalue weighted by Crippen LogP contribution is -2.30. The SMILES string of the molecule is COc1cc(C(=O)NC(C)C)cc(Cl)c1OCCC(C)C. The highest BCUT2D eigenvalue weighted by molar-refractivity contribution is 6.32. The predicted octanol–water partition coefficient (Wildman–Crippen LogP) is 3.91. The molecule has 0 unspecified atom stereocenters. The van der Waals surface area contributed by atoms with Crippen LogP contribution in [0.3, 0.4) is 0 Å². The Morgan fingerprint density at radius 3 is 2.48 bits per heavy atom. The smallest absolute Gasteiger partial charge is 0.251 e. The summed E-state index contributed by atoms with van der Waals surface area (Å²) in [6, 6.07) is 3.31. The topological polar surface area (TPSA) is 47.6 Å². The third-order valence-corrected chi connectivity index (χ3v) is 3.13. The molecule has 0 spiro atoms. The van der Waals surface area contributed by atoms with Crippen molar-refractivity contribution < 1.29 is 14.3 Å². The van der Waals surface area contributed by atoms with E-state index >= 15 is 0 Å². The van der Waals surface area contributed by atoms with Gasteiger partial charge in [0.15, 0.2) is 11.5 Å². The van der Waals surface area contributed by atoms with Crippen LogP contribution in [0.1, 0.15) is 44.5 Å². The maximum absolute atomic E-state index is 12.0. The molecule has 0 aliphatic heterocycles. The van der Waals surface area contributed by atoms with Gasteiger partial charge < -0.3 is 14.8 Å². The second-order valence-electron chi connectivity index (χ2n) is 5.65. The molecule has 0 aromatic heterocycles. The molecule has 1 aromatic rings. The molecule has 1 aromatic carbocycles. The Kier molecular flexibility index (Phi) is 6.82. The molecule has 0 heterocycles. The normalized spacial score (nSPS) is 10.9. The summed E-state index contributed by atoms with van der Waals surface area (Å²) in [6.07, 6.45) is 0.926. The summed E-state index contributed by atoms with van der Waals surface area (Å²) in [6.45, 7) is 8.62. The summed E-state index contributed by atoms with van der Waals surface area (Å²) >= 11 is 6.22. The van der Waals surface area contributed by atoms with E-state index in [1.807, 2.05) is 13.8 Å². The third kappa shape index (κ3) is 5.46. The average Bonchev–Trinajstić information content (AvgIpc) is 2.38. The van der Waals surface area contributed by atoms with Crippen molar-refractivity contribution in [2.45, 2.75) is 40.2 Å². The maximum atomic E-state index is 12.0. The van der Waals surface area contributed by atoms with Crippen molar-refractivity contribution in [2.24, 2.45) is 5.92 Å². The van der Waals surface area contributed by atoms with Crippen LogP contribution in [0.25, 0.3) is 0 Å². The zero-order chi connectivity index (χ0) is 16.0. The van der Waals surface area contributed by atoms with Crippen LogP contribution >= 0.6 is 11.6 Å². The Labute approximate surface area is 131 Å². The van der Waals surface area contributed by atoms with Gasteiger partial charge in [-0.3, -0.25) is 4.79 Å². The van der Waals surface area contributed by atoms with Gasteiger partial charge in [0.05, 0.1) is 18.7 Å². The first-order valence-electron chi connectivity index (χ1n) is 7.16. The van der Waals surface area contributed by atoms with Crippen molar-refractivity contribution in [1.29, 1.82) is 0 Å². The monoisotopic (exact) mass is 313 g/mol. The Morgan fingerprint density at radius 1 is 1.29 bits per heavy atom. The van der Waals surface area contributed by atoms with Gasteiger partial charge in [-0.25, -0.2) is 0 Å². The summed E-state index contributed by atoms with van der Waals surface area (Å²) in [4.78, 5) is 12.0. The summed E-state index contributed by atoms with van der Waals surface area (Å²) in [7, 11) is 1.53. The van der Waals surface area contributed by atoms with Gasteiger partial charge in [0.25, 0.3) is 5.91 Å². The lowest BCUT2D eigenvalue weighted by molar-refractivity contribution is 0.0942. The standard InChI is InChI=1S/C16H24ClNO3/c1-10(2)6-7-21-15-13(17)8-12(9-14(15)20-5)16(19)18-11(3)4/h8-11H,6-7H2,1-5H3,(H,18,19). The van der Waals surface area contributed by atoms with Gasteiger partial charge in [-0.05, 0) is 38.3 Å². The van der Waals surface area contributed by atoms with Crippen LogP contribution in [0.5, 0.6) is 11.5 Å². The van der Waals surface area contributed by atoms with Gasteiger partial charge in [0.2, 0.25) is 0 Å². The summed E-state index contributed by atoms with van der Waals surface area (Å²) in [5.41, 5.74) is 0.460. The van der Waals surface area contributed by atoms with E-state index in [9.17, 15) is 4.79 Å². The van der Waals surface area contributed by atoms with E-state index in [1.165, 1.54) is 7.11 Å². The number of rotatable bonds is 7. The van der Waals surface area contributed by atoms with Crippen LogP contribution in [0.15, 0.2) is 12.1 Å². The molecule has 5 heteroatoms. The zero-order valence-corrected chi connectivity index (χ0v) is 14.1. The molecule has 0 bridgehead atoms. The largest absolute Gasteiger partial charge is 0.493 e. The fourth-order valence-electron chi connectivity index (χ4n) is 1.73. The van der Waals surface area contributed by atoms with E-state index in [-0.39, 0.29) is 11.9 Å². The van der Waals surface area contributed by atoms with Gasteiger partial charge >= 0.3 is 0 Å². The third-order valence-electron chi connectivity index (χ3n) is 2.85. The number of hydrogen-bond donors (Lipinski definition) is 1. The van der Waals surface area contributed by atoms with E-state index in [2.05, 4.69) is 19.2 Å². The molecule has 1 rings (SSSR count). The Hall–Kier alpha value is -1.42. The van der Waals surface area contributed by atoms with E-state index in [1.54, 1.807) is 12.1 Å². The van der Waals surface area contributed by atoms with Crippen LogP contribution in [0, 0.1) is 5.92 Å². The number of halogens is 1. The van der Waals surface area contributed by atoms with Crippen molar-refractivity contribution >= 4 is 17.5 Å². The molecule has 118 valence electrons. The van der Waals surface area contributed by atoms with E-state index in [0.717, 1.165) is 6.42 Å². The Balaban J connectivity index is 2.94. The molecule has 0 saturated carbocycles. The minimum absolute atomic E-state index is 0.0595. The molecule has 0 fully saturated rings. The van der Waals surface area contributed by atoms with Gasteiger partial charge in [-0.1, -0.05) is 25.4 Å². The Morgan fingerprint density at radius 2 is 1.95 bits per heavy atom. The highest BCUT2D eigenvalue weighted by Gasteiger charge is 2.16. The number of amides is 1. The fourth-order valence-corrected chi connectivity index (χ4v) is 2.00. The zero-order valence-electron chi connectivity index (χ0n) is 13.3. The first-order valence-corrected chi connectivity index (χ1v) is 7.54. The van der Waals surface area contributed by atoms with Crippen LogP contribution in [0.4, 0.5) is 0 Å². The molecule has 1 amide bonds. The van der Waals surface area contributed by atoms with Crippen molar-refractivity contribution in [2.75, 3.05) is 13.7 Å².